The van der Waals surface area contributed by atoms with Gasteiger partial charge in [-0.25, -0.2) is 4.79 Å². The number of nitrogens with one attached hydrogen (secondary N) is 1. The first-order valence-electron chi connectivity index (χ1n) is 6.98. The number of carboxylic acids is 1. The van der Waals surface area contributed by atoms with Crippen molar-refractivity contribution in [2.45, 2.75) is 26.7 Å². The minimum absolute atomic E-state index is 0.0460. The number of carboxylic acid groups (broad SMARTS) is 1. The number of urea groups is 1. The molecular formula is C13H24N2O4S. The standard InChI is InChI=1S/C13H24N2O4S/c1-10(2)7-11(8-12(16)17)9-14-13(18)15-3-5-20(19)6-4-15/h10-11H,3-9H2,1-2H3,(H,14,18)(H,16,17)/t11-/m0/s1. The highest BCUT2D eigenvalue weighted by Gasteiger charge is 2.21. The number of amides is 2. The fourth-order valence-corrected chi connectivity index (χ4v) is 3.39. The number of aliphatic carboxylic acids is 1. The Bertz CT molecular complexity index is 363. The van der Waals surface area contributed by atoms with Crippen LogP contribution in [0.3, 0.4) is 0 Å². The zero-order valence-electron chi connectivity index (χ0n) is 12.1. The molecule has 2 amide bonds. The van der Waals surface area contributed by atoms with Gasteiger partial charge in [-0.15, -0.1) is 0 Å². The Labute approximate surface area is 122 Å². The smallest absolute Gasteiger partial charge is 0.317 e. The highest BCUT2D eigenvalue weighted by atomic mass is 32.2. The van der Waals surface area contributed by atoms with Gasteiger partial charge in [0.2, 0.25) is 0 Å². The summed E-state index contributed by atoms with van der Waals surface area (Å²) in [6.45, 7) is 5.47. The third kappa shape index (κ3) is 6.36. The van der Waals surface area contributed by atoms with Gasteiger partial charge in [0.15, 0.2) is 0 Å². The van der Waals surface area contributed by atoms with Crippen molar-refractivity contribution >= 4 is 22.8 Å². The van der Waals surface area contributed by atoms with Crippen molar-refractivity contribution in [1.82, 2.24) is 10.2 Å². The second-order valence-electron chi connectivity index (χ2n) is 5.61. The molecule has 7 heteroatoms. The zero-order valence-corrected chi connectivity index (χ0v) is 12.9. The SMILES string of the molecule is CC(C)C[C@H](CNC(=O)N1CCS(=O)CC1)CC(=O)O. The summed E-state index contributed by atoms with van der Waals surface area (Å²) < 4.78 is 11.2. The Kier molecular flexibility index (Phi) is 6.98. The van der Waals surface area contributed by atoms with Gasteiger partial charge in [-0.2, -0.15) is 0 Å². The molecule has 6 nitrogen and oxygen atoms in total. The average molecular weight is 304 g/mol. The molecule has 116 valence electrons. The van der Waals surface area contributed by atoms with E-state index in [0.29, 0.717) is 37.1 Å². The van der Waals surface area contributed by atoms with Gasteiger partial charge in [0.05, 0.1) is 0 Å². The van der Waals surface area contributed by atoms with Crippen LogP contribution in [0.15, 0.2) is 0 Å². The van der Waals surface area contributed by atoms with Crippen LogP contribution in [-0.4, -0.2) is 57.4 Å². The van der Waals surface area contributed by atoms with E-state index >= 15 is 0 Å². The lowest BCUT2D eigenvalue weighted by atomic mass is 9.94. The number of rotatable bonds is 6. The maximum atomic E-state index is 11.9. The highest BCUT2D eigenvalue weighted by molar-refractivity contribution is 7.85. The van der Waals surface area contributed by atoms with E-state index < -0.39 is 16.8 Å². The van der Waals surface area contributed by atoms with Crippen molar-refractivity contribution in [3.63, 3.8) is 0 Å². The van der Waals surface area contributed by atoms with Crippen LogP contribution < -0.4 is 5.32 Å². The molecular weight excluding hydrogens is 280 g/mol. The number of hydrogen-bond donors (Lipinski definition) is 2. The summed E-state index contributed by atoms with van der Waals surface area (Å²) in [7, 11) is -0.805. The molecule has 1 heterocycles. The minimum Gasteiger partial charge on any atom is -0.481 e. The maximum absolute atomic E-state index is 11.9. The van der Waals surface area contributed by atoms with Gasteiger partial charge in [0.25, 0.3) is 0 Å². The van der Waals surface area contributed by atoms with Crippen molar-refractivity contribution in [2.24, 2.45) is 11.8 Å². The van der Waals surface area contributed by atoms with Crippen LogP contribution in [0.1, 0.15) is 26.7 Å². The Balaban J connectivity index is 2.39. The predicted molar refractivity (Wildman–Crippen MR) is 78.0 cm³/mol. The van der Waals surface area contributed by atoms with Crippen LogP contribution in [0.4, 0.5) is 4.79 Å². The molecule has 0 spiro atoms. The summed E-state index contributed by atoms with van der Waals surface area (Å²) in [6, 6.07) is -0.180. The normalized spacial score (nSPS) is 18.1. The molecule has 0 saturated carbocycles. The molecule has 1 rings (SSSR count). The van der Waals surface area contributed by atoms with Gasteiger partial charge in [0, 0.05) is 48.4 Å². The summed E-state index contributed by atoms with van der Waals surface area (Å²) in [5.41, 5.74) is 0. The van der Waals surface area contributed by atoms with Crippen LogP contribution in [0.25, 0.3) is 0 Å². The summed E-state index contributed by atoms with van der Waals surface area (Å²) in [4.78, 5) is 24.4. The Morgan fingerprint density at radius 1 is 1.30 bits per heavy atom. The summed E-state index contributed by atoms with van der Waals surface area (Å²) in [5, 5.41) is 11.7. The minimum atomic E-state index is -0.835. The molecule has 0 unspecified atom stereocenters. The second kappa shape index (κ2) is 8.24. The van der Waals surface area contributed by atoms with Gasteiger partial charge in [-0.1, -0.05) is 13.8 Å². The summed E-state index contributed by atoms with van der Waals surface area (Å²) in [5.74, 6) is 0.568. The first kappa shape index (κ1) is 16.9. The van der Waals surface area contributed by atoms with Gasteiger partial charge < -0.3 is 15.3 Å². The third-order valence-electron chi connectivity index (χ3n) is 3.27. The first-order valence-corrected chi connectivity index (χ1v) is 8.46. The van der Waals surface area contributed by atoms with Crippen molar-refractivity contribution in [3.05, 3.63) is 0 Å². The highest BCUT2D eigenvalue weighted by Crippen LogP contribution is 2.15. The lowest BCUT2D eigenvalue weighted by Crippen LogP contribution is -2.48. The summed E-state index contributed by atoms with van der Waals surface area (Å²) in [6.07, 6.45) is 0.846. The molecule has 20 heavy (non-hydrogen) atoms. The van der Waals surface area contributed by atoms with Gasteiger partial charge in [0.1, 0.15) is 0 Å². The van der Waals surface area contributed by atoms with Gasteiger partial charge in [-0.3, -0.25) is 9.00 Å². The molecule has 0 radical (unpaired) electrons. The average Bonchev–Trinajstić information content (AvgIpc) is 2.35. The molecule has 0 aromatic heterocycles. The summed E-state index contributed by atoms with van der Waals surface area (Å²) >= 11 is 0. The lowest BCUT2D eigenvalue weighted by molar-refractivity contribution is -0.138. The molecule has 0 bridgehead atoms. The maximum Gasteiger partial charge on any atom is 0.317 e. The molecule has 0 aromatic rings. The third-order valence-corrected chi connectivity index (χ3v) is 4.55. The van der Waals surface area contributed by atoms with E-state index in [1.165, 1.54) is 0 Å². The van der Waals surface area contributed by atoms with E-state index in [2.05, 4.69) is 5.32 Å². The molecule has 0 aromatic carbocycles. The number of carbonyl (C=O) groups is 2. The van der Waals surface area contributed by atoms with Gasteiger partial charge >= 0.3 is 12.0 Å². The van der Waals surface area contributed by atoms with Crippen LogP contribution >= 0.6 is 0 Å². The predicted octanol–water partition coefficient (Wildman–Crippen LogP) is 0.897. The Hall–Kier alpha value is -1.11. The van der Waals surface area contributed by atoms with Gasteiger partial charge in [-0.05, 0) is 18.3 Å². The second-order valence-corrected chi connectivity index (χ2v) is 7.31. The molecule has 0 aliphatic carbocycles. The van der Waals surface area contributed by atoms with Crippen molar-refractivity contribution < 1.29 is 18.9 Å². The van der Waals surface area contributed by atoms with E-state index in [4.69, 9.17) is 5.11 Å². The van der Waals surface area contributed by atoms with Crippen LogP contribution in [0.2, 0.25) is 0 Å². The Morgan fingerprint density at radius 2 is 1.90 bits per heavy atom. The van der Waals surface area contributed by atoms with Crippen molar-refractivity contribution in [3.8, 4) is 0 Å². The fraction of sp³-hybridized carbons (Fsp3) is 0.846. The van der Waals surface area contributed by atoms with E-state index in [1.807, 2.05) is 13.8 Å². The van der Waals surface area contributed by atoms with Crippen LogP contribution in [0.5, 0.6) is 0 Å². The van der Waals surface area contributed by atoms with Crippen LogP contribution in [0, 0.1) is 11.8 Å². The number of hydrogen-bond acceptors (Lipinski definition) is 3. The van der Waals surface area contributed by atoms with E-state index in [0.717, 1.165) is 6.42 Å². The quantitative estimate of drug-likeness (QED) is 0.763. The molecule has 1 atom stereocenters. The van der Waals surface area contributed by atoms with Crippen molar-refractivity contribution in [2.75, 3.05) is 31.1 Å². The molecule has 1 aliphatic rings. The number of carbonyl (C=O) groups excluding carboxylic acids is 1. The lowest BCUT2D eigenvalue weighted by Gasteiger charge is -2.27. The largest absolute Gasteiger partial charge is 0.481 e. The number of nitrogens with zero attached hydrogens (tertiary/aromatic N) is 1. The monoisotopic (exact) mass is 304 g/mol. The van der Waals surface area contributed by atoms with E-state index in [1.54, 1.807) is 4.90 Å². The fourth-order valence-electron chi connectivity index (χ4n) is 2.34. The van der Waals surface area contributed by atoms with Crippen molar-refractivity contribution in [1.29, 1.82) is 0 Å². The molecule has 2 N–H and O–H groups in total. The zero-order chi connectivity index (χ0) is 15.1. The van der Waals surface area contributed by atoms with Crippen LogP contribution in [-0.2, 0) is 15.6 Å². The first-order chi connectivity index (χ1) is 9.38. The Morgan fingerprint density at radius 3 is 2.40 bits per heavy atom. The molecule has 1 fully saturated rings. The topological polar surface area (TPSA) is 86.7 Å². The molecule has 1 saturated heterocycles. The molecule has 1 aliphatic heterocycles. The van der Waals surface area contributed by atoms with E-state index in [9.17, 15) is 13.8 Å². The van der Waals surface area contributed by atoms with E-state index in [-0.39, 0.29) is 18.4 Å².